The van der Waals surface area contributed by atoms with E-state index in [2.05, 4.69) is 4.90 Å². The van der Waals surface area contributed by atoms with E-state index in [4.69, 9.17) is 39.5 Å². The SMILES string of the molecule is CC(C)(C)OC(=O)N1CCC(C(=O)N2CCN(c3ccc(Cl)cc3Cl)CC2)CC1.Clc1ccccc1. The molecule has 36 heavy (non-hydrogen) atoms. The lowest BCUT2D eigenvalue weighted by Crippen LogP contribution is -2.52. The molecule has 196 valence electrons. The largest absolute Gasteiger partial charge is 0.444 e. The quantitative estimate of drug-likeness (QED) is 0.418. The zero-order valence-electron chi connectivity index (χ0n) is 21.1. The number of hydrogen-bond donors (Lipinski definition) is 0. The molecule has 2 aromatic carbocycles. The fraction of sp³-hybridized carbons (Fsp3) is 0.481. The van der Waals surface area contributed by atoms with Crippen LogP contribution in [0.15, 0.2) is 48.5 Å². The van der Waals surface area contributed by atoms with E-state index in [9.17, 15) is 9.59 Å². The predicted octanol–water partition coefficient (Wildman–Crippen LogP) is 6.63. The number of hydrogen-bond acceptors (Lipinski definition) is 4. The minimum absolute atomic E-state index is 0.0284. The monoisotopic (exact) mass is 553 g/mol. The van der Waals surface area contributed by atoms with Crippen LogP contribution in [0.3, 0.4) is 0 Å². The van der Waals surface area contributed by atoms with Crippen LogP contribution < -0.4 is 4.90 Å². The lowest BCUT2D eigenvalue weighted by Gasteiger charge is -2.39. The summed E-state index contributed by atoms with van der Waals surface area (Å²) in [7, 11) is 0. The molecular formula is C27H34Cl3N3O3. The van der Waals surface area contributed by atoms with Gasteiger partial charge in [0.25, 0.3) is 0 Å². The third-order valence-electron chi connectivity index (χ3n) is 6.07. The van der Waals surface area contributed by atoms with Crippen LogP contribution in [-0.4, -0.2) is 66.7 Å². The summed E-state index contributed by atoms with van der Waals surface area (Å²) in [5.74, 6) is 0.162. The van der Waals surface area contributed by atoms with Gasteiger partial charge in [0.05, 0.1) is 10.7 Å². The fourth-order valence-corrected chi connectivity index (χ4v) is 4.89. The highest BCUT2D eigenvalue weighted by atomic mass is 35.5. The van der Waals surface area contributed by atoms with Gasteiger partial charge in [-0.25, -0.2) is 4.79 Å². The fourth-order valence-electron chi connectivity index (χ4n) is 4.21. The summed E-state index contributed by atoms with van der Waals surface area (Å²) < 4.78 is 5.43. The maximum Gasteiger partial charge on any atom is 0.410 e. The van der Waals surface area contributed by atoms with Crippen LogP contribution in [0.4, 0.5) is 10.5 Å². The standard InChI is InChI=1S/C21H29Cl2N3O3.C6H5Cl/c1-21(2,3)29-20(28)26-8-6-15(7-9-26)19(27)25-12-10-24(11-13-25)18-5-4-16(22)14-17(18)23;7-6-4-2-1-3-5-6/h4-5,14-15H,6-13H2,1-3H3;1-5H. The zero-order valence-corrected chi connectivity index (χ0v) is 23.3. The normalized spacial score (nSPS) is 16.8. The summed E-state index contributed by atoms with van der Waals surface area (Å²) >= 11 is 17.8. The molecule has 0 aliphatic carbocycles. The number of carbonyl (C=O) groups excluding carboxylic acids is 2. The Kier molecular flexibility index (Phi) is 10.2. The summed E-state index contributed by atoms with van der Waals surface area (Å²) in [5, 5.41) is 2.04. The van der Waals surface area contributed by atoms with E-state index < -0.39 is 5.60 Å². The van der Waals surface area contributed by atoms with Crippen LogP contribution in [0.1, 0.15) is 33.6 Å². The Balaban J connectivity index is 0.000000444. The molecule has 0 spiro atoms. The van der Waals surface area contributed by atoms with Gasteiger partial charge in [0.15, 0.2) is 0 Å². The summed E-state index contributed by atoms with van der Waals surface area (Å²) in [5.41, 5.74) is 0.449. The molecular weight excluding hydrogens is 521 g/mol. The molecule has 9 heteroatoms. The number of likely N-dealkylation sites (tertiary alicyclic amines) is 1. The second-order valence-electron chi connectivity index (χ2n) is 9.95. The van der Waals surface area contributed by atoms with Crippen molar-refractivity contribution in [1.82, 2.24) is 9.80 Å². The number of benzene rings is 2. The number of carbonyl (C=O) groups is 2. The molecule has 2 aliphatic rings. The van der Waals surface area contributed by atoms with E-state index >= 15 is 0 Å². The number of halogens is 3. The Hall–Kier alpha value is -2.15. The van der Waals surface area contributed by atoms with Crippen molar-refractivity contribution in [1.29, 1.82) is 0 Å². The van der Waals surface area contributed by atoms with Crippen molar-refractivity contribution in [2.24, 2.45) is 5.92 Å². The molecule has 4 rings (SSSR count). The highest BCUT2D eigenvalue weighted by Gasteiger charge is 2.33. The molecule has 2 amide bonds. The van der Waals surface area contributed by atoms with E-state index in [-0.39, 0.29) is 17.9 Å². The van der Waals surface area contributed by atoms with Gasteiger partial charge in [-0.05, 0) is 63.9 Å². The molecule has 0 radical (unpaired) electrons. The van der Waals surface area contributed by atoms with Gasteiger partial charge in [0.2, 0.25) is 5.91 Å². The van der Waals surface area contributed by atoms with Crippen LogP contribution in [0.2, 0.25) is 15.1 Å². The molecule has 2 saturated heterocycles. The molecule has 0 N–H and O–H groups in total. The summed E-state index contributed by atoms with van der Waals surface area (Å²) in [4.78, 5) is 31.0. The summed E-state index contributed by atoms with van der Waals surface area (Å²) in [6.45, 7) is 9.52. The molecule has 2 fully saturated rings. The van der Waals surface area contributed by atoms with Crippen molar-refractivity contribution >= 4 is 52.5 Å². The summed E-state index contributed by atoms with van der Waals surface area (Å²) in [6, 6.07) is 14.9. The maximum absolute atomic E-state index is 12.9. The van der Waals surface area contributed by atoms with Crippen LogP contribution >= 0.6 is 34.8 Å². The first-order chi connectivity index (χ1) is 17.0. The molecule has 0 aromatic heterocycles. The molecule has 0 atom stereocenters. The molecule has 0 saturated carbocycles. The third-order valence-corrected chi connectivity index (χ3v) is 6.86. The van der Waals surface area contributed by atoms with Crippen molar-refractivity contribution in [3.63, 3.8) is 0 Å². The van der Waals surface area contributed by atoms with Crippen molar-refractivity contribution < 1.29 is 14.3 Å². The van der Waals surface area contributed by atoms with Gasteiger partial charge in [-0.2, -0.15) is 0 Å². The maximum atomic E-state index is 12.9. The number of piperidine rings is 1. The number of nitrogens with zero attached hydrogens (tertiary/aromatic N) is 3. The Morgan fingerprint density at radius 2 is 1.42 bits per heavy atom. The minimum Gasteiger partial charge on any atom is -0.444 e. The average Bonchev–Trinajstić information content (AvgIpc) is 2.84. The van der Waals surface area contributed by atoms with Gasteiger partial charge in [0, 0.05) is 55.2 Å². The topological polar surface area (TPSA) is 53.1 Å². The van der Waals surface area contributed by atoms with E-state index in [0.29, 0.717) is 49.1 Å². The first-order valence-corrected chi connectivity index (χ1v) is 13.3. The molecule has 0 bridgehead atoms. The number of piperazine rings is 1. The van der Waals surface area contributed by atoms with Gasteiger partial charge in [-0.1, -0.05) is 53.0 Å². The van der Waals surface area contributed by atoms with Crippen molar-refractivity contribution in [3.8, 4) is 0 Å². The van der Waals surface area contributed by atoms with Gasteiger partial charge in [-0.15, -0.1) is 0 Å². The molecule has 2 heterocycles. The Morgan fingerprint density at radius 3 is 1.92 bits per heavy atom. The number of amides is 2. The first-order valence-electron chi connectivity index (χ1n) is 12.2. The second kappa shape index (κ2) is 12.9. The minimum atomic E-state index is -0.504. The Labute approximate surface area is 229 Å². The smallest absolute Gasteiger partial charge is 0.410 e. The number of ether oxygens (including phenoxy) is 1. The second-order valence-corrected chi connectivity index (χ2v) is 11.2. The van der Waals surface area contributed by atoms with Crippen LogP contribution in [0.25, 0.3) is 0 Å². The van der Waals surface area contributed by atoms with E-state index in [0.717, 1.165) is 23.8 Å². The highest BCUT2D eigenvalue weighted by Crippen LogP contribution is 2.30. The summed E-state index contributed by atoms with van der Waals surface area (Å²) in [6.07, 6.45) is 1.07. The highest BCUT2D eigenvalue weighted by molar-refractivity contribution is 6.36. The molecule has 6 nitrogen and oxygen atoms in total. The van der Waals surface area contributed by atoms with E-state index in [1.807, 2.05) is 68.1 Å². The van der Waals surface area contributed by atoms with Crippen LogP contribution in [0.5, 0.6) is 0 Å². The lowest BCUT2D eigenvalue weighted by molar-refractivity contribution is -0.137. The zero-order chi connectivity index (χ0) is 26.3. The van der Waals surface area contributed by atoms with Crippen molar-refractivity contribution in [3.05, 3.63) is 63.6 Å². The van der Waals surface area contributed by atoms with E-state index in [1.54, 1.807) is 11.0 Å². The number of rotatable bonds is 2. The van der Waals surface area contributed by atoms with Gasteiger partial charge in [-0.3, -0.25) is 4.79 Å². The van der Waals surface area contributed by atoms with Gasteiger partial charge >= 0.3 is 6.09 Å². The lowest BCUT2D eigenvalue weighted by atomic mass is 9.95. The molecule has 0 unspecified atom stereocenters. The van der Waals surface area contributed by atoms with Crippen molar-refractivity contribution in [2.75, 3.05) is 44.2 Å². The van der Waals surface area contributed by atoms with Gasteiger partial charge in [0.1, 0.15) is 5.60 Å². The molecule has 2 aliphatic heterocycles. The Morgan fingerprint density at radius 1 is 0.806 bits per heavy atom. The predicted molar refractivity (Wildman–Crippen MR) is 147 cm³/mol. The average molecular weight is 555 g/mol. The number of anilines is 1. The third kappa shape index (κ3) is 8.46. The first kappa shape index (κ1) is 28.4. The Bertz CT molecular complexity index is 1010. The van der Waals surface area contributed by atoms with Crippen LogP contribution in [0, 0.1) is 5.92 Å². The van der Waals surface area contributed by atoms with Gasteiger partial charge < -0.3 is 19.4 Å². The molecule has 2 aromatic rings. The van der Waals surface area contributed by atoms with Crippen molar-refractivity contribution in [2.45, 2.75) is 39.2 Å². The van der Waals surface area contributed by atoms with E-state index in [1.165, 1.54) is 0 Å². The van der Waals surface area contributed by atoms with Crippen LogP contribution in [-0.2, 0) is 9.53 Å².